The number of unbranched alkanes of at least 4 members (excludes halogenated alkanes) is 1. The van der Waals surface area contributed by atoms with E-state index in [2.05, 4.69) is 0 Å². The number of nitro groups is 1. The van der Waals surface area contributed by atoms with Crippen LogP contribution in [0.15, 0.2) is 27.4 Å². The Bertz CT molecular complexity index is 693. The molecule has 0 bridgehead atoms. The second-order valence-corrected chi connectivity index (χ2v) is 5.27. The van der Waals surface area contributed by atoms with Gasteiger partial charge in [-0.3, -0.25) is 10.1 Å². The van der Waals surface area contributed by atoms with Gasteiger partial charge in [0.05, 0.1) is 19.3 Å². The van der Waals surface area contributed by atoms with Crippen LogP contribution in [0.1, 0.15) is 25.5 Å². The third-order valence-corrected chi connectivity index (χ3v) is 4.04. The molecule has 2 aromatic rings. The van der Waals surface area contributed by atoms with Crippen molar-refractivity contribution in [2.45, 2.75) is 26.2 Å². The maximum atomic E-state index is 11.9. The number of aryl methyl sites for hydroxylation is 1. The Morgan fingerprint density at radius 2 is 2.16 bits per heavy atom. The summed E-state index contributed by atoms with van der Waals surface area (Å²) in [7, 11) is 0. The maximum absolute atomic E-state index is 11.9. The van der Waals surface area contributed by atoms with Gasteiger partial charge >= 0.3 is 5.63 Å². The molecule has 0 radical (unpaired) electrons. The second-order valence-electron chi connectivity index (χ2n) is 4.19. The third-order valence-electron chi connectivity index (χ3n) is 2.90. The van der Waals surface area contributed by atoms with E-state index in [0.717, 1.165) is 12.8 Å². The van der Waals surface area contributed by atoms with E-state index in [0.29, 0.717) is 21.1 Å². The summed E-state index contributed by atoms with van der Waals surface area (Å²) in [6.45, 7) is 2.04. The lowest BCUT2D eigenvalue weighted by Gasteiger charge is -2.06. The number of hydrogen-bond acceptors (Lipinski definition) is 4. The number of hydrogen-bond donors (Lipinski definition) is 0. The Morgan fingerprint density at radius 3 is 2.79 bits per heavy atom. The average molecular weight is 373 g/mol. The summed E-state index contributed by atoms with van der Waals surface area (Å²) in [5.41, 5.74) is -0.558. The lowest BCUT2D eigenvalue weighted by molar-refractivity contribution is -0.383. The molecule has 0 atom stereocenters. The minimum absolute atomic E-state index is 0.0486. The van der Waals surface area contributed by atoms with Crippen molar-refractivity contribution in [3.8, 4) is 0 Å². The van der Waals surface area contributed by atoms with E-state index in [9.17, 15) is 14.9 Å². The highest BCUT2D eigenvalue weighted by Gasteiger charge is 2.20. The fraction of sp³-hybridized carbons (Fsp3) is 0.308. The molecule has 0 saturated carbocycles. The standard InChI is InChI=1S/C13H12INO4/c1-2-3-7-10-12(14)11-8(13(16)19-10)5-4-6-9(11)15(17)18/h4-6H,2-3,7H2,1H3. The molecule has 5 nitrogen and oxygen atoms in total. The van der Waals surface area contributed by atoms with Gasteiger partial charge in [0, 0.05) is 12.5 Å². The van der Waals surface area contributed by atoms with Crippen LogP contribution in [0.25, 0.3) is 10.8 Å². The van der Waals surface area contributed by atoms with E-state index < -0.39 is 10.5 Å². The van der Waals surface area contributed by atoms with Gasteiger partial charge in [-0.05, 0) is 35.1 Å². The van der Waals surface area contributed by atoms with Crippen LogP contribution in [0.2, 0.25) is 0 Å². The van der Waals surface area contributed by atoms with Crippen LogP contribution in [0.3, 0.4) is 0 Å². The zero-order valence-corrected chi connectivity index (χ0v) is 12.5. The molecule has 1 aromatic heterocycles. The monoisotopic (exact) mass is 373 g/mol. The molecule has 0 aliphatic heterocycles. The van der Waals surface area contributed by atoms with Crippen molar-refractivity contribution in [1.82, 2.24) is 0 Å². The molecule has 19 heavy (non-hydrogen) atoms. The number of benzene rings is 1. The lowest BCUT2D eigenvalue weighted by Crippen LogP contribution is -2.06. The first kappa shape index (κ1) is 14.0. The normalized spacial score (nSPS) is 10.8. The van der Waals surface area contributed by atoms with Crippen LogP contribution < -0.4 is 5.63 Å². The van der Waals surface area contributed by atoms with Gasteiger partial charge in [0.1, 0.15) is 5.76 Å². The Hall–Kier alpha value is -1.44. The van der Waals surface area contributed by atoms with Crippen molar-refractivity contribution in [2.75, 3.05) is 0 Å². The zero-order valence-electron chi connectivity index (χ0n) is 10.3. The molecular weight excluding hydrogens is 361 g/mol. The number of non-ortho nitro benzene ring substituents is 1. The lowest BCUT2D eigenvalue weighted by atomic mass is 10.1. The van der Waals surface area contributed by atoms with Crippen molar-refractivity contribution >= 4 is 39.1 Å². The number of nitrogens with zero attached hydrogens (tertiary/aromatic N) is 1. The molecule has 0 unspecified atom stereocenters. The summed E-state index contributed by atoms with van der Waals surface area (Å²) in [6.07, 6.45) is 2.46. The first-order chi connectivity index (χ1) is 9.06. The smallest absolute Gasteiger partial charge is 0.344 e. The largest absolute Gasteiger partial charge is 0.426 e. The van der Waals surface area contributed by atoms with E-state index in [-0.39, 0.29) is 11.1 Å². The second kappa shape index (κ2) is 5.68. The van der Waals surface area contributed by atoms with Crippen molar-refractivity contribution in [1.29, 1.82) is 0 Å². The molecule has 6 heteroatoms. The molecule has 100 valence electrons. The molecule has 2 rings (SSSR count). The van der Waals surface area contributed by atoms with Gasteiger partial charge in [-0.25, -0.2) is 4.79 Å². The highest BCUT2D eigenvalue weighted by Crippen LogP contribution is 2.30. The highest BCUT2D eigenvalue weighted by molar-refractivity contribution is 14.1. The molecule has 0 amide bonds. The molecule has 0 spiro atoms. The molecule has 0 N–H and O–H groups in total. The fourth-order valence-electron chi connectivity index (χ4n) is 1.94. The molecule has 0 aliphatic carbocycles. The Labute approximate surface area is 122 Å². The summed E-state index contributed by atoms with van der Waals surface area (Å²) in [5, 5.41) is 11.7. The first-order valence-electron chi connectivity index (χ1n) is 5.94. The SMILES string of the molecule is CCCCc1oc(=O)c2cccc([N+](=O)[O-])c2c1I. The summed E-state index contributed by atoms with van der Waals surface area (Å²) in [4.78, 5) is 22.5. The molecule has 1 aromatic carbocycles. The summed E-state index contributed by atoms with van der Waals surface area (Å²) in [5.74, 6) is 0.536. The van der Waals surface area contributed by atoms with Crippen molar-refractivity contribution in [3.05, 3.63) is 48.1 Å². The third kappa shape index (κ3) is 2.63. The van der Waals surface area contributed by atoms with Crippen molar-refractivity contribution < 1.29 is 9.34 Å². The predicted molar refractivity (Wildman–Crippen MR) is 80.5 cm³/mol. The van der Waals surface area contributed by atoms with Crippen LogP contribution in [0, 0.1) is 13.7 Å². The first-order valence-corrected chi connectivity index (χ1v) is 7.02. The van der Waals surface area contributed by atoms with Crippen LogP contribution in [-0.4, -0.2) is 4.92 Å². The molecule has 0 fully saturated rings. The van der Waals surface area contributed by atoms with Gasteiger partial charge in [-0.1, -0.05) is 19.4 Å². The van der Waals surface area contributed by atoms with Gasteiger partial charge in [0.25, 0.3) is 5.69 Å². The summed E-state index contributed by atoms with van der Waals surface area (Å²) < 4.78 is 5.93. The van der Waals surface area contributed by atoms with Crippen molar-refractivity contribution in [3.63, 3.8) is 0 Å². The van der Waals surface area contributed by atoms with Crippen LogP contribution >= 0.6 is 22.6 Å². The van der Waals surface area contributed by atoms with Gasteiger partial charge in [-0.2, -0.15) is 0 Å². The fourth-order valence-corrected chi connectivity index (χ4v) is 2.89. The molecule has 1 heterocycles. The maximum Gasteiger partial charge on any atom is 0.344 e. The number of fused-ring (bicyclic) bond motifs is 1. The molecule has 0 saturated heterocycles. The Kier molecular flexibility index (Phi) is 4.18. The number of nitro benzene ring substituents is 1. The van der Waals surface area contributed by atoms with Gasteiger partial charge in [0.2, 0.25) is 0 Å². The van der Waals surface area contributed by atoms with Gasteiger partial charge < -0.3 is 4.42 Å². The Morgan fingerprint density at radius 1 is 1.42 bits per heavy atom. The Balaban J connectivity index is 2.78. The van der Waals surface area contributed by atoms with Crippen LogP contribution in [0.5, 0.6) is 0 Å². The topological polar surface area (TPSA) is 73.3 Å². The highest BCUT2D eigenvalue weighted by atomic mass is 127. The molecular formula is C13H12INO4. The minimum Gasteiger partial charge on any atom is -0.426 e. The zero-order chi connectivity index (χ0) is 14.0. The average Bonchev–Trinajstić information content (AvgIpc) is 2.40. The van der Waals surface area contributed by atoms with E-state index in [1.54, 1.807) is 6.07 Å². The van der Waals surface area contributed by atoms with Gasteiger partial charge in [0.15, 0.2) is 0 Å². The van der Waals surface area contributed by atoms with Gasteiger partial charge in [-0.15, -0.1) is 0 Å². The molecule has 0 aliphatic rings. The van der Waals surface area contributed by atoms with E-state index in [1.165, 1.54) is 12.1 Å². The minimum atomic E-state index is -0.509. The van der Waals surface area contributed by atoms with E-state index in [1.807, 2.05) is 29.5 Å². The number of halogens is 1. The summed E-state index contributed by atoms with van der Waals surface area (Å²) >= 11 is 2.02. The van der Waals surface area contributed by atoms with E-state index in [4.69, 9.17) is 4.42 Å². The summed E-state index contributed by atoms with van der Waals surface area (Å²) in [6, 6.07) is 4.46. The quantitative estimate of drug-likeness (QED) is 0.466. The van der Waals surface area contributed by atoms with E-state index >= 15 is 0 Å². The van der Waals surface area contributed by atoms with Crippen LogP contribution in [-0.2, 0) is 6.42 Å². The predicted octanol–water partition coefficient (Wildman–Crippen LogP) is 3.65. The van der Waals surface area contributed by atoms with Crippen LogP contribution in [0.4, 0.5) is 5.69 Å². The van der Waals surface area contributed by atoms with Crippen molar-refractivity contribution in [2.24, 2.45) is 0 Å². The number of rotatable bonds is 4.